The summed E-state index contributed by atoms with van der Waals surface area (Å²) < 4.78 is 15.6. The first-order chi connectivity index (χ1) is 11.1. The summed E-state index contributed by atoms with van der Waals surface area (Å²) in [5.41, 5.74) is 0. The first-order valence-corrected chi connectivity index (χ1v) is 11.4. The van der Waals surface area contributed by atoms with Crippen molar-refractivity contribution in [2.24, 2.45) is 0 Å². The van der Waals surface area contributed by atoms with Crippen LogP contribution in [0.4, 0.5) is 0 Å². The van der Waals surface area contributed by atoms with E-state index in [4.69, 9.17) is 0 Å². The van der Waals surface area contributed by atoms with Gasteiger partial charge in [0.1, 0.15) is 7.60 Å². The second kappa shape index (κ2) is 16.7. The van der Waals surface area contributed by atoms with Crippen molar-refractivity contribution in [3.05, 3.63) is 12.2 Å². The van der Waals surface area contributed by atoms with Crippen LogP contribution < -0.4 is 4.89 Å². The highest BCUT2D eigenvalue weighted by atomic mass is 31.2. The average molecular weight is 345 g/mol. The van der Waals surface area contributed by atoms with Gasteiger partial charge in [-0.1, -0.05) is 76.9 Å². The molecule has 0 aromatic carbocycles. The summed E-state index contributed by atoms with van der Waals surface area (Å²) in [6.45, 7) is 2.26. The molecule has 0 saturated heterocycles. The standard InChI is InChI=1S/C19H39O3P/c1-3-4-5-6-7-8-9-10-11-12-13-14-15-16-17-18-19-23(20,21)22-2/h10-11H,3-9,12-19H2,1-2H3,(H,20,21)/p-1. The van der Waals surface area contributed by atoms with Gasteiger partial charge < -0.3 is 14.0 Å². The van der Waals surface area contributed by atoms with Crippen molar-refractivity contribution in [3.63, 3.8) is 0 Å². The van der Waals surface area contributed by atoms with Crippen LogP contribution in [0, 0.1) is 0 Å². The molecular formula is C19H38O3P-. The van der Waals surface area contributed by atoms with Crippen molar-refractivity contribution in [2.75, 3.05) is 13.3 Å². The first kappa shape index (κ1) is 22.9. The molecule has 138 valence electrons. The Morgan fingerprint density at radius 1 is 0.783 bits per heavy atom. The third kappa shape index (κ3) is 18.1. The van der Waals surface area contributed by atoms with E-state index in [1.165, 1.54) is 77.7 Å². The van der Waals surface area contributed by atoms with Crippen LogP contribution >= 0.6 is 7.60 Å². The fourth-order valence-corrected chi connectivity index (χ4v) is 3.44. The van der Waals surface area contributed by atoms with Crippen LogP contribution in [0.3, 0.4) is 0 Å². The number of hydrogen-bond acceptors (Lipinski definition) is 3. The second-order valence-electron chi connectivity index (χ2n) is 6.45. The van der Waals surface area contributed by atoms with Gasteiger partial charge >= 0.3 is 0 Å². The third-order valence-corrected chi connectivity index (χ3v) is 5.64. The molecule has 0 spiro atoms. The van der Waals surface area contributed by atoms with E-state index in [1.807, 2.05) is 0 Å². The number of rotatable bonds is 17. The van der Waals surface area contributed by atoms with E-state index >= 15 is 0 Å². The van der Waals surface area contributed by atoms with E-state index in [2.05, 4.69) is 23.6 Å². The summed E-state index contributed by atoms with van der Waals surface area (Å²) >= 11 is 0. The van der Waals surface area contributed by atoms with Crippen LogP contribution in [-0.2, 0) is 9.09 Å². The van der Waals surface area contributed by atoms with Crippen LogP contribution in [0.15, 0.2) is 12.2 Å². The van der Waals surface area contributed by atoms with Crippen LogP contribution in [0.1, 0.15) is 96.8 Å². The fourth-order valence-electron chi connectivity index (χ4n) is 2.64. The SMILES string of the molecule is CCCCCCCCC=CCCCCCCCCP(=O)([O-])OC. The fraction of sp³-hybridized carbons (Fsp3) is 0.895. The molecule has 23 heavy (non-hydrogen) atoms. The molecule has 1 unspecified atom stereocenters. The molecule has 1 atom stereocenters. The lowest BCUT2D eigenvalue weighted by Gasteiger charge is -2.20. The Hall–Kier alpha value is -0.110. The van der Waals surface area contributed by atoms with Gasteiger partial charge in [-0.15, -0.1) is 0 Å². The Kier molecular flexibility index (Phi) is 16.7. The van der Waals surface area contributed by atoms with E-state index in [0.29, 0.717) is 0 Å². The van der Waals surface area contributed by atoms with Crippen molar-refractivity contribution in [2.45, 2.75) is 96.8 Å². The van der Waals surface area contributed by atoms with Crippen LogP contribution in [-0.4, -0.2) is 13.3 Å². The molecule has 0 amide bonds. The largest absolute Gasteiger partial charge is 0.779 e. The minimum atomic E-state index is -3.52. The lowest BCUT2D eigenvalue weighted by molar-refractivity contribution is -0.196. The maximum absolute atomic E-state index is 11.1. The van der Waals surface area contributed by atoms with Gasteiger partial charge in [0.05, 0.1) is 0 Å². The predicted molar refractivity (Wildman–Crippen MR) is 98.9 cm³/mol. The van der Waals surface area contributed by atoms with Gasteiger partial charge in [-0.05, 0) is 32.1 Å². The molecule has 3 nitrogen and oxygen atoms in total. The molecule has 0 fully saturated rings. The maximum atomic E-state index is 11.1. The summed E-state index contributed by atoms with van der Waals surface area (Å²) in [6, 6.07) is 0. The van der Waals surface area contributed by atoms with Gasteiger partial charge in [0.15, 0.2) is 0 Å². The lowest BCUT2D eigenvalue weighted by Crippen LogP contribution is -2.06. The van der Waals surface area contributed by atoms with Crippen molar-refractivity contribution < 1.29 is 14.0 Å². The number of hydrogen-bond donors (Lipinski definition) is 0. The van der Waals surface area contributed by atoms with Gasteiger partial charge in [-0.2, -0.15) is 0 Å². The molecule has 0 heterocycles. The van der Waals surface area contributed by atoms with Crippen LogP contribution in [0.2, 0.25) is 0 Å². The normalized spacial score (nSPS) is 14.4. The Balaban J connectivity index is 3.18. The first-order valence-electron chi connectivity index (χ1n) is 9.63. The molecule has 0 radical (unpaired) electrons. The van der Waals surface area contributed by atoms with Crippen LogP contribution in [0.25, 0.3) is 0 Å². The molecule has 0 aromatic rings. The highest BCUT2D eigenvalue weighted by molar-refractivity contribution is 7.51. The Labute approximate surface area is 144 Å². The van der Waals surface area contributed by atoms with Gasteiger partial charge in [0, 0.05) is 13.3 Å². The number of unbranched alkanes of at least 4 members (excludes halogenated alkanes) is 12. The zero-order chi connectivity index (χ0) is 17.2. The van der Waals surface area contributed by atoms with E-state index in [-0.39, 0.29) is 6.16 Å². The predicted octanol–water partition coefficient (Wildman–Crippen LogP) is 6.22. The van der Waals surface area contributed by atoms with Crippen molar-refractivity contribution in [1.82, 2.24) is 0 Å². The smallest absolute Gasteiger partial charge is 0.134 e. The summed E-state index contributed by atoms with van der Waals surface area (Å²) in [4.78, 5) is 11.1. The van der Waals surface area contributed by atoms with Crippen molar-refractivity contribution >= 4 is 7.60 Å². The average Bonchev–Trinajstić information content (AvgIpc) is 2.54. The zero-order valence-corrected chi connectivity index (χ0v) is 16.3. The molecule has 4 heteroatoms. The van der Waals surface area contributed by atoms with Crippen molar-refractivity contribution in [3.8, 4) is 0 Å². The summed E-state index contributed by atoms with van der Waals surface area (Å²) in [6.07, 6.45) is 22.1. The van der Waals surface area contributed by atoms with Crippen molar-refractivity contribution in [1.29, 1.82) is 0 Å². The summed E-state index contributed by atoms with van der Waals surface area (Å²) in [7, 11) is -2.28. The van der Waals surface area contributed by atoms with E-state index in [0.717, 1.165) is 19.3 Å². The van der Waals surface area contributed by atoms with E-state index in [1.54, 1.807) is 0 Å². The molecule has 0 N–H and O–H groups in total. The van der Waals surface area contributed by atoms with Gasteiger partial charge in [0.25, 0.3) is 0 Å². The maximum Gasteiger partial charge on any atom is 0.134 e. The summed E-state index contributed by atoms with van der Waals surface area (Å²) in [5.74, 6) is 0. The molecule has 0 saturated carbocycles. The zero-order valence-electron chi connectivity index (χ0n) is 15.4. The topological polar surface area (TPSA) is 49.4 Å². The van der Waals surface area contributed by atoms with Gasteiger partial charge in [-0.3, -0.25) is 0 Å². The minimum Gasteiger partial charge on any atom is -0.779 e. The monoisotopic (exact) mass is 345 g/mol. The molecule has 0 aliphatic heterocycles. The summed E-state index contributed by atoms with van der Waals surface area (Å²) in [5, 5.41) is 0. The molecule has 0 aromatic heterocycles. The highest BCUT2D eigenvalue weighted by Crippen LogP contribution is 2.36. The van der Waals surface area contributed by atoms with Crippen LogP contribution in [0.5, 0.6) is 0 Å². The Morgan fingerprint density at radius 3 is 1.70 bits per heavy atom. The minimum absolute atomic E-state index is 0.185. The van der Waals surface area contributed by atoms with Gasteiger partial charge in [0.2, 0.25) is 0 Å². The molecular weight excluding hydrogens is 307 g/mol. The highest BCUT2D eigenvalue weighted by Gasteiger charge is 2.04. The second-order valence-corrected chi connectivity index (χ2v) is 8.49. The Bertz CT molecular complexity index is 316. The number of allylic oxidation sites excluding steroid dienone is 2. The van der Waals surface area contributed by atoms with E-state index in [9.17, 15) is 9.46 Å². The van der Waals surface area contributed by atoms with E-state index < -0.39 is 7.60 Å². The molecule has 0 aliphatic carbocycles. The quantitative estimate of drug-likeness (QED) is 0.178. The third-order valence-electron chi connectivity index (χ3n) is 4.22. The van der Waals surface area contributed by atoms with Gasteiger partial charge in [-0.25, -0.2) is 0 Å². The molecule has 0 bridgehead atoms. The lowest BCUT2D eigenvalue weighted by atomic mass is 10.1. The Morgan fingerprint density at radius 2 is 1.22 bits per heavy atom. The molecule has 0 aliphatic rings. The molecule has 0 rings (SSSR count).